The predicted octanol–water partition coefficient (Wildman–Crippen LogP) is 23.9. The van der Waals surface area contributed by atoms with E-state index in [4.69, 9.17) is 4.74 Å². The zero-order valence-corrected chi connectivity index (χ0v) is 54.6. The van der Waals surface area contributed by atoms with Crippen molar-refractivity contribution in [2.45, 2.75) is 437 Å². The van der Waals surface area contributed by atoms with Crippen LogP contribution in [0.1, 0.15) is 425 Å². The van der Waals surface area contributed by atoms with Crippen molar-refractivity contribution in [3.05, 3.63) is 12.2 Å². The van der Waals surface area contributed by atoms with Gasteiger partial charge in [0.1, 0.15) is 0 Å². The van der Waals surface area contributed by atoms with Crippen LogP contribution in [0.4, 0.5) is 0 Å². The summed E-state index contributed by atoms with van der Waals surface area (Å²) in [6, 6.07) is -0.540. The van der Waals surface area contributed by atoms with Crippen molar-refractivity contribution in [3.63, 3.8) is 0 Å². The summed E-state index contributed by atoms with van der Waals surface area (Å²) in [7, 11) is 0. The van der Waals surface area contributed by atoms with E-state index in [1.165, 1.54) is 353 Å². The van der Waals surface area contributed by atoms with Crippen LogP contribution in [0.25, 0.3) is 0 Å². The number of unbranched alkanes of at least 4 members (excludes halogenated alkanes) is 57. The van der Waals surface area contributed by atoms with Gasteiger partial charge in [-0.15, -0.1) is 0 Å². The van der Waals surface area contributed by atoms with E-state index in [9.17, 15) is 19.8 Å². The van der Waals surface area contributed by atoms with Crippen LogP contribution < -0.4 is 5.32 Å². The first-order chi connectivity index (χ1) is 39.5. The second kappa shape index (κ2) is 70.1. The number of carbonyl (C=O) groups excluding carboxylic acids is 2. The third-order valence-electron chi connectivity index (χ3n) is 17.6. The monoisotopic (exact) mass is 1130 g/mol. The minimum Gasteiger partial charge on any atom is -0.466 e. The number of esters is 1. The lowest BCUT2D eigenvalue weighted by Crippen LogP contribution is -2.45. The molecule has 1 amide bonds. The molecular formula is C74H145NO5. The van der Waals surface area contributed by atoms with E-state index in [1.807, 2.05) is 0 Å². The fourth-order valence-electron chi connectivity index (χ4n) is 11.9. The summed E-state index contributed by atoms with van der Waals surface area (Å²) < 4.78 is 5.50. The number of rotatable bonds is 70. The molecule has 3 N–H and O–H groups in total. The maximum Gasteiger partial charge on any atom is 0.305 e. The number of nitrogens with one attached hydrogen (secondary N) is 1. The minimum atomic E-state index is -0.663. The average Bonchev–Trinajstić information content (AvgIpc) is 3.46. The lowest BCUT2D eigenvalue weighted by atomic mass is 10.0. The third kappa shape index (κ3) is 65.7. The van der Waals surface area contributed by atoms with Crippen molar-refractivity contribution in [2.24, 2.45) is 0 Å². The van der Waals surface area contributed by atoms with Gasteiger partial charge >= 0.3 is 5.97 Å². The first-order valence-electron chi connectivity index (χ1n) is 36.9. The molecule has 6 heteroatoms. The molecule has 0 radical (unpaired) electrons. The highest BCUT2D eigenvalue weighted by Gasteiger charge is 2.20. The second-order valence-corrected chi connectivity index (χ2v) is 25.6. The Labute approximate surface area is 501 Å². The minimum absolute atomic E-state index is 0.0210. The first kappa shape index (κ1) is 78.6. The number of amides is 1. The van der Waals surface area contributed by atoms with Crippen LogP contribution in [0.2, 0.25) is 0 Å². The first-order valence-corrected chi connectivity index (χ1v) is 36.9. The molecule has 0 rings (SSSR count). The molecule has 0 bridgehead atoms. The summed E-state index contributed by atoms with van der Waals surface area (Å²) in [5.41, 5.74) is 0. The van der Waals surface area contributed by atoms with Crippen molar-refractivity contribution in [2.75, 3.05) is 13.2 Å². The normalized spacial score (nSPS) is 12.5. The zero-order valence-electron chi connectivity index (χ0n) is 54.6. The highest BCUT2D eigenvalue weighted by Crippen LogP contribution is 2.19. The number of allylic oxidation sites excluding steroid dienone is 2. The standard InChI is InChI=1S/C74H145NO5/c1-3-5-7-9-11-13-15-17-19-20-36-39-42-46-50-54-58-62-66-72(77)71(70-76)75-73(78)67-63-59-55-51-47-43-40-37-34-32-30-28-26-24-22-21-23-25-27-29-31-33-35-38-41-45-49-53-57-61-65-69-80-74(79)68-64-60-56-52-48-44-18-16-14-12-10-8-6-4-2/h23,25,71-72,76-77H,3-22,24,26-70H2,1-2H3,(H,75,78)/b25-23-. The molecule has 0 saturated carbocycles. The van der Waals surface area contributed by atoms with Gasteiger partial charge in [-0.3, -0.25) is 9.59 Å². The molecule has 0 aliphatic carbocycles. The number of hydrogen-bond acceptors (Lipinski definition) is 5. The van der Waals surface area contributed by atoms with Gasteiger partial charge in [0.25, 0.3) is 0 Å². The van der Waals surface area contributed by atoms with E-state index in [2.05, 4.69) is 31.3 Å². The van der Waals surface area contributed by atoms with Crippen molar-refractivity contribution in [3.8, 4) is 0 Å². The number of hydrogen-bond donors (Lipinski definition) is 3. The fraction of sp³-hybridized carbons (Fsp3) is 0.946. The Bertz CT molecular complexity index is 1210. The summed E-state index contributed by atoms with van der Waals surface area (Å²) >= 11 is 0. The van der Waals surface area contributed by atoms with Crippen LogP contribution in [-0.4, -0.2) is 47.4 Å². The molecule has 0 spiro atoms. The van der Waals surface area contributed by atoms with E-state index in [0.29, 0.717) is 25.9 Å². The summed E-state index contributed by atoms with van der Waals surface area (Å²) in [6.45, 7) is 5.00. The summed E-state index contributed by atoms with van der Waals surface area (Å²) in [6.07, 6.45) is 87.1. The molecule has 0 aliphatic rings. The van der Waals surface area contributed by atoms with Gasteiger partial charge in [-0.1, -0.05) is 373 Å². The molecule has 80 heavy (non-hydrogen) atoms. The van der Waals surface area contributed by atoms with Gasteiger partial charge in [0, 0.05) is 12.8 Å². The molecule has 0 heterocycles. The van der Waals surface area contributed by atoms with Gasteiger partial charge in [0.15, 0.2) is 0 Å². The van der Waals surface area contributed by atoms with Gasteiger partial charge in [0.2, 0.25) is 5.91 Å². The topological polar surface area (TPSA) is 95.9 Å². The maximum absolute atomic E-state index is 12.5. The molecule has 0 aromatic heterocycles. The number of aliphatic hydroxyl groups is 2. The molecule has 0 aromatic rings. The van der Waals surface area contributed by atoms with Crippen LogP contribution in [0.15, 0.2) is 12.2 Å². The quantitative estimate of drug-likeness (QED) is 0.0320. The van der Waals surface area contributed by atoms with Crippen molar-refractivity contribution in [1.82, 2.24) is 5.32 Å². The molecule has 2 unspecified atom stereocenters. The van der Waals surface area contributed by atoms with Gasteiger partial charge in [-0.25, -0.2) is 0 Å². The second-order valence-electron chi connectivity index (χ2n) is 25.6. The largest absolute Gasteiger partial charge is 0.466 e. The zero-order chi connectivity index (χ0) is 57.8. The Kier molecular flexibility index (Phi) is 68.9. The molecule has 2 atom stereocenters. The highest BCUT2D eigenvalue weighted by molar-refractivity contribution is 5.76. The number of ether oxygens (including phenoxy) is 1. The number of carbonyl (C=O) groups is 2. The number of aliphatic hydroxyl groups excluding tert-OH is 2. The Balaban J connectivity index is 3.35. The Morgan fingerprint density at radius 2 is 0.588 bits per heavy atom. The molecule has 0 saturated heterocycles. The lowest BCUT2D eigenvalue weighted by Gasteiger charge is -2.22. The third-order valence-corrected chi connectivity index (χ3v) is 17.6. The van der Waals surface area contributed by atoms with E-state index in [0.717, 1.165) is 38.5 Å². The molecular weight excluding hydrogens is 983 g/mol. The SMILES string of the molecule is CCCCCCCCCCCCCCCCCCCCC(O)C(CO)NC(=O)CCCCCCCCCCCCCCCCC/C=C\CCCCCCCCCCCCCCOC(=O)CCCCCCCCCCCCCCCC. The Morgan fingerprint density at radius 1 is 0.338 bits per heavy atom. The fourth-order valence-corrected chi connectivity index (χ4v) is 11.9. The van der Waals surface area contributed by atoms with Gasteiger partial charge in [-0.2, -0.15) is 0 Å². The Hall–Kier alpha value is -1.40. The molecule has 0 aliphatic heterocycles. The van der Waals surface area contributed by atoms with Crippen LogP contribution in [0, 0.1) is 0 Å². The molecule has 476 valence electrons. The van der Waals surface area contributed by atoms with E-state index in [1.54, 1.807) is 0 Å². The van der Waals surface area contributed by atoms with Crippen molar-refractivity contribution >= 4 is 11.9 Å². The molecule has 6 nitrogen and oxygen atoms in total. The van der Waals surface area contributed by atoms with Crippen LogP contribution in [0.3, 0.4) is 0 Å². The van der Waals surface area contributed by atoms with Crippen LogP contribution >= 0.6 is 0 Å². The molecule has 0 fully saturated rings. The van der Waals surface area contributed by atoms with Gasteiger partial charge < -0.3 is 20.3 Å². The summed E-state index contributed by atoms with van der Waals surface area (Å²) in [5, 5.41) is 23.4. The summed E-state index contributed by atoms with van der Waals surface area (Å²) in [4.78, 5) is 24.6. The van der Waals surface area contributed by atoms with E-state index < -0.39 is 12.1 Å². The smallest absolute Gasteiger partial charge is 0.305 e. The van der Waals surface area contributed by atoms with Crippen molar-refractivity contribution < 1.29 is 24.5 Å². The van der Waals surface area contributed by atoms with Gasteiger partial charge in [0.05, 0.1) is 25.4 Å². The van der Waals surface area contributed by atoms with Crippen LogP contribution in [0.5, 0.6) is 0 Å². The molecule has 0 aromatic carbocycles. The van der Waals surface area contributed by atoms with E-state index >= 15 is 0 Å². The van der Waals surface area contributed by atoms with Crippen molar-refractivity contribution in [1.29, 1.82) is 0 Å². The lowest BCUT2D eigenvalue weighted by molar-refractivity contribution is -0.143. The predicted molar refractivity (Wildman–Crippen MR) is 352 cm³/mol. The van der Waals surface area contributed by atoms with E-state index in [-0.39, 0.29) is 18.5 Å². The average molecular weight is 1130 g/mol. The maximum atomic E-state index is 12.5. The van der Waals surface area contributed by atoms with Crippen LogP contribution in [-0.2, 0) is 14.3 Å². The van der Waals surface area contributed by atoms with Gasteiger partial charge in [-0.05, 0) is 51.4 Å². The summed E-state index contributed by atoms with van der Waals surface area (Å²) in [5.74, 6) is -0.00732. The highest BCUT2D eigenvalue weighted by atomic mass is 16.5. The Morgan fingerprint density at radius 3 is 0.887 bits per heavy atom.